The Hall–Kier alpha value is -2.78. The third-order valence-corrected chi connectivity index (χ3v) is 6.58. The third-order valence-electron chi connectivity index (χ3n) is 5.37. The number of amides is 1. The number of nitrogens with one attached hydrogen (secondary N) is 1. The van der Waals surface area contributed by atoms with Gasteiger partial charge in [0.05, 0.1) is 22.1 Å². The summed E-state index contributed by atoms with van der Waals surface area (Å²) in [5, 5.41) is 3.94. The van der Waals surface area contributed by atoms with E-state index in [1.807, 2.05) is 0 Å². The van der Waals surface area contributed by atoms with Crippen LogP contribution in [0, 0.1) is 12.7 Å². The normalized spacial score (nSPS) is 19.0. The van der Waals surface area contributed by atoms with Crippen LogP contribution >= 0.6 is 11.3 Å². The number of carbonyl (C=O) groups is 1. The first-order valence-corrected chi connectivity index (χ1v) is 10.6. The zero-order valence-electron chi connectivity index (χ0n) is 16.8. The molecule has 30 heavy (non-hydrogen) atoms. The third kappa shape index (κ3) is 3.95. The topological polar surface area (TPSA) is 99.4 Å². The maximum Gasteiger partial charge on any atom is 0.259 e. The van der Waals surface area contributed by atoms with Crippen LogP contribution in [0.4, 0.5) is 15.9 Å². The van der Waals surface area contributed by atoms with E-state index in [-0.39, 0.29) is 12.2 Å². The lowest BCUT2D eigenvalue weighted by Gasteiger charge is -2.31. The second-order valence-electron chi connectivity index (χ2n) is 7.30. The highest BCUT2D eigenvalue weighted by molar-refractivity contribution is 7.20. The predicted octanol–water partition coefficient (Wildman–Crippen LogP) is 4.32. The van der Waals surface area contributed by atoms with Crippen molar-refractivity contribution in [2.75, 3.05) is 12.4 Å². The first-order chi connectivity index (χ1) is 14.5. The minimum absolute atomic E-state index is 0.0298. The summed E-state index contributed by atoms with van der Waals surface area (Å²) in [4.78, 5) is 21.4. The number of aryl methyl sites for hydroxylation is 1. The summed E-state index contributed by atoms with van der Waals surface area (Å²) in [6, 6.07) is 4.33. The number of carbonyl (C=O) groups excluding carboxylic acids is 1. The fourth-order valence-electron chi connectivity index (χ4n) is 3.86. The highest BCUT2D eigenvalue weighted by Gasteiger charge is 2.28. The molecule has 2 unspecified atom stereocenters. The van der Waals surface area contributed by atoms with Crippen LogP contribution < -0.4 is 15.8 Å². The number of anilines is 2. The molecule has 4 rings (SSSR count). The molecule has 0 spiro atoms. The Bertz CT molecular complexity index is 1090. The molecule has 0 bridgehead atoms. The number of methoxy groups -OCH3 is 1. The first-order valence-electron chi connectivity index (χ1n) is 9.78. The summed E-state index contributed by atoms with van der Waals surface area (Å²) < 4.78 is 25.8. The number of hydrogen-bond donors (Lipinski definition) is 2. The van der Waals surface area contributed by atoms with Gasteiger partial charge >= 0.3 is 0 Å². The van der Waals surface area contributed by atoms with Crippen LogP contribution in [0.15, 0.2) is 24.5 Å². The van der Waals surface area contributed by atoms with Crippen molar-refractivity contribution in [2.24, 2.45) is 5.73 Å². The van der Waals surface area contributed by atoms with Gasteiger partial charge in [0.15, 0.2) is 0 Å². The number of fused-ring (bicyclic) bond motifs is 1. The van der Waals surface area contributed by atoms with Crippen molar-refractivity contribution in [3.63, 3.8) is 0 Å². The van der Waals surface area contributed by atoms with E-state index >= 15 is 0 Å². The fraction of sp³-hybridized carbons (Fsp3) is 0.381. The number of nitrogens with zero attached hydrogens (tertiary/aromatic N) is 2. The number of nitrogens with two attached hydrogens (primary N) is 1. The average Bonchev–Trinajstić information content (AvgIpc) is 3.08. The molecule has 0 radical (unpaired) electrons. The van der Waals surface area contributed by atoms with Gasteiger partial charge in [0, 0.05) is 13.2 Å². The number of hydrogen-bond acceptors (Lipinski definition) is 7. The van der Waals surface area contributed by atoms with Crippen LogP contribution in [0.5, 0.6) is 5.75 Å². The van der Waals surface area contributed by atoms with E-state index in [0.29, 0.717) is 37.9 Å². The maximum atomic E-state index is 14.0. The van der Waals surface area contributed by atoms with Crippen LogP contribution in [-0.4, -0.2) is 35.2 Å². The van der Waals surface area contributed by atoms with Crippen LogP contribution in [0.1, 0.15) is 40.9 Å². The van der Waals surface area contributed by atoms with Gasteiger partial charge in [-0.05, 0) is 43.9 Å². The highest BCUT2D eigenvalue weighted by Crippen LogP contribution is 2.37. The summed E-state index contributed by atoms with van der Waals surface area (Å²) in [5.41, 5.74) is 6.76. The molecule has 9 heteroatoms. The Morgan fingerprint density at radius 3 is 2.77 bits per heavy atom. The van der Waals surface area contributed by atoms with Crippen molar-refractivity contribution >= 4 is 39.0 Å². The van der Waals surface area contributed by atoms with Gasteiger partial charge in [-0.15, -0.1) is 11.3 Å². The number of thiophene rings is 1. The Morgan fingerprint density at radius 2 is 2.03 bits per heavy atom. The van der Waals surface area contributed by atoms with Gasteiger partial charge in [0.1, 0.15) is 34.6 Å². The first kappa shape index (κ1) is 20.5. The van der Waals surface area contributed by atoms with Crippen LogP contribution in [0.2, 0.25) is 0 Å². The monoisotopic (exact) mass is 430 g/mol. The zero-order chi connectivity index (χ0) is 21.3. The summed E-state index contributed by atoms with van der Waals surface area (Å²) >= 11 is 1.22. The number of ether oxygens (including phenoxy) is 2. The molecule has 1 saturated carbocycles. The van der Waals surface area contributed by atoms with E-state index in [1.165, 1.54) is 29.8 Å². The SMILES string of the molecule is COC1CCCCC1Oc1cc(F)ccc1Nc1ncnc2sc(C(N)=O)c(C)c12. The largest absolute Gasteiger partial charge is 0.485 e. The van der Waals surface area contributed by atoms with Gasteiger partial charge in [-0.1, -0.05) is 6.42 Å². The molecular formula is C21H23FN4O3S. The predicted molar refractivity (Wildman–Crippen MR) is 114 cm³/mol. The lowest BCUT2D eigenvalue weighted by atomic mass is 9.94. The molecule has 1 fully saturated rings. The number of benzene rings is 1. The van der Waals surface area contributed by atoms with Crippen LogP contribution in [0.3, 0.4) is 0 Å². The minimum atomic E-state index is -0.504. The van der Waals surface area contributed by atoms with Crippen molar-refractivity contribution in [2.45, 2.75) is 44.8 Å². The molecule has 1 aromatic carbocycles. The van der Waals surface area contributed by atoms with E-state index in [1.54, 1.807) is 20.1 Å². The summed E-state index contributed by atoms with van der Waals surface area (Å²) in [7, 11) is 1.67. The Labute approximate surface area is 177 Å². The summed E-state index contributed by atoms with van der Waals surface area (Å²) in [6.07, 6.45) is 5.12. The van der Waals surface area contributed by atoms with Crippen LogP contribution in [0.25, 0.3) is 10.2 Å². The molecule has 2 heterocycles. The van der Waals surface area contributed by atoms with Gasteiger partial charge in [-0.25, -0.2) is 14.4 Å². The molecule has 1 aliphatic rings. The Morgan fingerprint density at radius 1 is 1.27 bits per heavy atom. The molecule has 1 amide bonds. The molecule has 3 N–H and O–H groups in total. The molecule has 0 saturated heterocycles. The van der Waals surface area contributed by atoms with Gasteiger partial charge in [0.25, 0.3) is 5.91 Å². The quantitative estimate of drug-likeness (QED) is 0.604. The number of aromatic nitrogens is 2. The van der Waals surface area contributed by atoms with E-state index < -0.39 is 11.7 Å². The van der Waals surface area contributed by atoms with Crippen molar-refractivity contribution in [1.82, 2.24) is 9.97 Å². The van der Waals surface area contributed by atoms with E-state index in [4.69, 9.17) is 15.2 Å². The standard InChI is InChI=1S/C21H23FN4O3S/c1-11-17-20(24-10-25-21(17)30-18(11)19(23)27)26-13-8-7-12(22)9-16(13)29-15-6-4-3-5-14(15)28-2/h7-10,14-15H,3-6H2,1-2H3,(H2,23,27)(H,24,25,26). The smallest absolute Gasteiger partial charge is 0.259 e. The maximum absolute atomic E-state index is 14.0. The molecule has 2 aromatic heterocycles. The van der Waals surface area contributed by atoms with Gasteiger partial charge in [-0.3, -0.25) is 4.79 Å². The van der Waals surface area contributed by atoms with Gasteiger partial charge in [-0.2, -0.15) is 0 Å². The molecule has 0 aliphatic heterocycles. The molecular weight excluding hydrogens is 407 g/mol. The highest BCUT2D eigenvalue weighted by atomic mass is 32.1. The average molecular weight is 431 g/mol. The lowest BCUT2D eigenvalue weighted by Crippen LogP contribution is -2.36. The fourth-order valence-corrected chi connectivity index (χ4v) is 4.86. The van der Waals surface area contributed by atoms with E-state index in [2.05, 4.69) is 15.3 Å². The minimum Gasteiger partial charge on any atom is -0.485 e. The number of halogens is 1. The summed E-state index contributed by atoms with van der Waals surface area (Å²) in [5.74, 6) is -0.00517. The van der Waals surface area contributed by atoms with Crippen molar-refractivity contribution in [1.29, 1.82) is 0 Å². The second-order valence-corrected chi connectivity index (χ2v) is 8.30. The Kier molecular flexibility index (Phi) is 5.83. The van der Waals surface area contributed by atoms with Crippen LogP contribution in [-0.2, 0) is 4.74 Å². The molecule has 7 nitrogen and oxygen atoms in total. The molecule has 158 valence electrons. The number of primary amides is 1. The van der Waals surface area contributed by atoms with E-state index in [9.17, 15) is 9.18 Å². The van der Waals surface area contributed by atoms with Crippen molar-refractivity contribution in [3.05, 3.63) is 40.8 Å². The van der Waals surface area contributed by atoms with Crippen molar-refractivity contribution < 1.29 is 18.7 Å². The van der Waals surface area contributed by atoms with Crippen molar-refractivity contribution in [3.8, 4) is 5.75 Å². The zero-order valence-corrected chi connectivity index (χ0v) is 17.6. The number of rotatable bonds is 6. The molecule has 1 aliphatic carbocycles. The molecule has 3 aromatic rings. The van der Waals surface area contributed by atoms with E-state index in [0.717, 1.165) is 25.7 Å². The second kappa shape index (κ2) is 8.53. The molecule has 2 atom stereocenters. The Balaban J connectivity index is 1.70. The van der Waals surface area contributed by atoms with Gasteiger partial charge in [0.2, 0.25) is 0 Å². The lowest BCUT2D eigenvalue weighted by molar-refractivity contribution is -0.0227. The summed E-state index contributed by atoms with van der Waals surface area (Å²) in [6.45, 7) is 1.81. The van der Waals surface area contributed by atoms with Gasteiger partial charge < -0.3 is 20.5 Å².